The van der Waals surface area contributed by atoms with Gasteiger partial charge >= 0.3 is 0 Å². The van der Waals surface area contributed by atoms with Gasteiger partial charge in [0.15, 0.2) is 0 Å². The first-order valence-corrected chi connectivity index (χ1v) is 13.1. The molecule has 1 aliphatic heterocycles. The van der Waals surface area contributed by atoms with Crippen LogP contribution in [-0.4, -0.2) is 69.4 Å². The number of anilines is 2. The van der Waals surface area contributed by atoms with Gasteiger partial charge in [-0.1, -0.05) is 0 Å². The fourth-order valence-corrected chi connectivity index (χ4v) is 5.25. The average Bonchev–Trinajstić information content (AvgIpc) is 3.31. The van der Waals surface area contributed by atoms with E-state index in [1.54, 1.807) is 31.2 Å². The first kappa shape index (κ1) is 26.3. The van der Waals surface area contributed by atoms with Crippen LogP contribution in [0.25, 0.3) is 10.9 Å². The Morgan fingerprint density at radius 3 is 2.65 bits per heavy atom. The van der Waals surface area contributed by atoms with Gasteiger partial charge in [0, 0.05) is 55.5 Å². The quantitative estimate of drug-likeness (QED) is 0.400. The van der Waals surface area contributed by atoms with Crippen LogP contribution in [0.1, 0.15) is 22.3 Å². The van der Waals surface area contributed by atoms with Crippen molar-refractivity contribution in [1.82, 2.24) is 9.29 Å². The van der Waals surface area contributed by atoms with Crippen LogP contribution in [0.15, 0.2) is 52.2 Å². The van der Waals surface area contributed by atoms with E-state index in [9.17, 15) is 22.8 Å². The molecule has 1 fully saturated rings. The van der Waals surface area contributed by atoms with E-state index in [0.29, 0.717) is 36.4 Å². The van der Waals surface area contributed by atoms with Crippen LogP contribution >= 0.6 is 0 Å². The Bertz CT molecular complexity index is 1530. The van der Waals surface area contributed by atoms with Crippen molar-refractivity contribution in [1.29, 1.82) is 0 Å². The molecular formula is C25H29N5O6S. The number of benzene rings is 2. The van der Waals surface area contributed by atoms with Gasteiger partial charge < -0.3 is 25.7 Å². The summed E-state index contributed by atoms with van der Waals surface area (Å²) in [5.41, 5.74) is 7.57. The molecule has 0 saturated carbocycles. The standard InChI is InChI=1S/C25H29N5O6S/c1-15-10-24(32)28-21-6-4-16(11-19(15)21)27-25(33)20-12-18(37(34,35)29(2)3)5-7-22(20)30-9-8-17(13-30)36-14-23(26)31/h4-7,10-12,17H,8-9,13-14H2,1-3H3,(H2,26,31)(H,27,33)(H,28,32). The van der Waals surface area contributed by atoms with Crippen molar-refractivity contribution in [3.63, 3.8) is 0 Å². The van der Waals surface area contributed by atoms with E-state index in [0.717, 1.165) is 15.3 Å². The molecule has 0 aliphatic carbocycles. The molecule has 1 unspecified atom stereocenters. The monoisotopic (exact) mass is 527 g/mol. The molecule has 3 aromatic rings. The lowest BCUT2D eigenvalue weighted by Crippen LogP contribution is -2.28. The Balaban J connectivity index is 1.69. The maximum absolute atomic E-state index is 13.5. The van der Waals surface area contributed by atoms with Gasteiger partial charge in [0.25, 0.3) is 5.91 Å². The highest BCUT2D eigenvalue weighted by atomic mass is 32.2. The largest absolute Gasteiger partial charge is 0.368 e. The topological polar surface area (TPSA) is 155 Å². The summed E-state index contributed by atoms with van der Waals surface area (Å²) in [5, 5.41) is 3.63. The molecule has 2 heterocycles. The molecule has 1 saturated heterocycles. The molecule has 37 heavy (non-hydrogen) atoms. The van der Waals surface area contributed by atoms with E-state index >= 15 is 0 Å². The number of sulfonamides is 1. The van der Waals surface area contributed by atoms with Crippen molar-refractivity contribution in [3.8, 4) is 0 Å². The van der Waals surface area contributed by atoms with Crippen LogP contribution in [-0.2, 0) is 19.6 Å². The van der Waals surface area contributed by atoms with Crippen LogP contribution in [0.5, 0.6) is 0 Å². The molecule has 0 bridgehead atoms. The van der Waals surface area contributed by atoms with Crippen molar-refractivity contribution in [2.24, 2.45) is 5.73 Å². The summed E-state index contributed by atoms with van der Waals surface area (Å²) >= 11 is 0. The second kappa shape index (κ2) is 10.3. The number of ether oxygens (including phenoxy) is 1. The molecule has 4 rings (SSSR count). The second-order valence-corrected chi connectivity index (χ2v) is 11.3. The molecule has 196 valence electrons. The molecule has 1 aliphatic rings. The highest BCUT2D eigenvalue weighted by Gasteiger charge is 2.29. The van der Waals surface area contributed by atoms with Crippen molar-refractivity contribution in [3.05, 3.63) is 63.9 Å². The number of carbonyl (C=O) groups is 2. The summed E-state index contributed by atoms with van der Waals surface area (Å²) in [6, 6.07) is 11.0. The van der Waals surface area contributed by atoms with Gasteiger partial charge in [0.1, 0.15) is 6.61 Å². The van der Waals surface area contributed by atoms with Gasteiger partial charge in [-0.2, -0.15) is 0 Å². The van der Waals surface area contributed by atoms with Gasteiger partial charge in [0.2, 0.25) is 21.5 Å². The number of fused-ring (bicyclic) bond motifs is 1. The fraction of sp³-hybridized carbons (Fsp3) is 0.320. The van der Waals surface area contributed by atoms with E-state index in [4.69, 9.17) is 10.5 Å². The molecule has 0 spiro atoms. The van der Waals surface area contributed by atoms with Crippen molar-refractivity contribution in [2.45, 2.75) is 24.3 Å². The number of aromatic nitrogens is 1. The summed E-state index contributed by atoms with van der Waals surface area (Å²) < 4.78 is 32.2. The molecule has 2 amide bonds. The minimum absolute atomic E-state index is 0.0148. The number of nitrogens with one attached hydrogen (secondary N) is 2. The third-order valence-corrected chi connectivity index (χ3v) is 8.06. The van der Waals surface area contributed by atoms with Gasteiger partial charge in [0.05, 0.1) is 16.6 Å². The van der Waals surface area contributed by atoms with E-state index < -0.39 is 21.8 Å². The number of H-pyrrole nitrogens is 1. The third-order valence-electron chi connectivity index (χ3n) is 6.25. The van der Waals surface area contributed by atoms with Crippen LogP contribution in [0.2, 0.25) is 0 Å². The van der Waals surface area contributed by atoms with Gasteiger partial charge in [-0.05, 0) is 55.3 Å². The first-order valence-electron chi connectivity index (χ1n) is 11.6. The Labute approximate surface area is 214 Å². The summed E-state index contributed by atoms with van der Waals surface area (Å²) in [4.78, 5) is 41.0. The highest BCUT2D eigenvalue weighted by Crippen LogP contribution is 2.30. The number of hydrogen-bond donors (Lipinski definition) is 3. The fourth-order valence-electron chi connectivity index (χ4n) is 4.33. The number of amides is 2. The molecule has 4 N–H and O–H groups in total. The molecule has 11 nitrogen and oxygen atoms in total. The number of hydrogen-bond acceptors (Lipinski definition) is 7. The molecule has 1 atom stereocenters. The Hall–Kier alpha value is -3.74. The average molecular weight is 528 g/mol. The predicted octanol–water partition coefficient (Wildman–Crippen LogP) is 1.42. The van der Waals surface area contributed by atoms with E-state index in [2.05, 4.69) is 10.3 Å². The number of aromatic amines is 1. The third kappa shape index (κ3) is 5.66. The number of nitrogens with two attached hydrogens (primary N) is 1. The minimum Gasteiger partial charge on any atom is -0.368 e. The zero-order valence-corrected chi connectivity index (χ0v) is 21.6. The number of carbonyl (C=O) groups excluding carboxylic acids is 2. The van der Waals surface area contributed by atoms with E-state index in [-0.39, 0.29) is 28.7 Å². The molecule has 12 heteroatoms. The van der Waals surface area contributed by atoms with Crippen LogP contribution in [0.4, 0.5) is 11.4 Å². The van der Waals surface area contributed by atoms with Crippen molar-refractivity contribution >= 4 is 44.1 Å². The molecule has 1 aromatic heterocycles. The molecular weight excluding hydrogens is 498 g/mol. The predicted molar refractivity (Wildman–Crippen MR) is 140 cm³/mol. The van der Waals surface area contributed by atoms with Gasteiger partial charge in [-0.15, -0.1) is 0 Å². The SMILES string of the molecule is Cc1cc(=O)[nH]c2ccc(NC(=O)c3cc(S(=O)(=O)N(C)C)ccc3N3CCC(OCC(N)=O)C3)cc12. The van der Waals surface area contributed by atoms with Gasteiger partial charge in [-0.3, -0.25) is 14.4 Å². The number of pyridine rings is 1. The van der Waals surface area contributed by atoms with Gasteiger partial charge in [-0.25, -0.2) is 12.7 Å². The summed E-state index contributed by atoms with van der Waals surface area (Å²) in [6.07, 6.45) is 0.369. The Morgan fingerprint density at radius 2 is 1.95 bits per heavy atom. The normalized spacial score (nSPS) is 15.9. The summed E-state index contributed by atoms with van der Waals surface area (Å²) in [5.74, 6) is -1.06. The second-order valence-electron chi connectivity index (χ2n) is 9.13. The number of nitrogens with zero attached hydrogens (tertiary/aromatic N) is 2. The highest BCUT2D eigenvalue weighted by molar-refractivity contribution is 7.89. The summed E-state index contributed by atoms with van der Waals surface area (Å²) in [7, 11) is -0.943. The zero-order chi connectivity index (χ0) is 26.9. The lowest BCUT2D eigenvalue weighted by molar-refractivity contribution is -0.124. The smallest absolute Gasteiger partial charge is 0.257 e. The Morgan fingerprint density at radius 1 is 1.19 bits per heavy atom. The lowest BCUT2D eigenvalue weighted by Gasteiger charge is -2.23. The molecule has 0 radical (unpaired) electrons. The van der Waals surface area contributed by atoms with Crippen LogP contribution in [0.3, 0.4) is 0 Å². The molecule has 2 aromatic carbocycles. The number of primary amides is 1. The first-order chi connectivity index (χ1) is 17.5. The van der Waals surface area contributed by atoms with Crippen LogP contribution < -0.4 is 21.5 Å². The van der Waals surface area contributed by atoms with Crippen LogP contribution in [0, 0.1) is 6.92 Å². The maximum atomic E-state index is 13.5. The van der Waals surface area contributed by atoms with E-state index in [1.165, 1.54) is 32.3 Å². The van der Waals surface area contributed by atoms with Crippen molar-refractivity contribution < 1.29 is 22.7 Å². The lowest BCUT2D eigenvalue weighted by atomic mass is 10.1. The Kier molecular flexibility index (Phi) is 7.35. The zero-order valence-electron chi connectivity index (χ0n) is 20.8. The number of rotatable bonds is 8. The van der Waals surface area contributed by atoms with Crippen molar-refractivity contribution in [2.75, 3.05) is 44.0 Å². The summed E-state index contributed by atoms with van der Waals surface area (Å²) in [6.45, 7) is 2.57. The maximum Gasteiger partial charge on any atom is 0.257 e. The minimum atomic E-state index is -3.79. The van der Waals surface area contributed by atoms with E-state index in [1.807, 2.05) is 4.90 Å². The number of aryl methyl sites for hydroxylation is 1.